The van der Waals surface area contributed by atoms with Crippen molar-refractivity contribution in [3.63, 3.8) is 0 Å². The van der Waals surface area contributed by atoms with Gasteiger partial charge in [0.25, 0.3) is 0 Å². The predicted octanol–water partition coefficient (Wildman–Crippen LogP) is 6.97. The third-order valence-corrected chi connectivity index (χ3v) is 15.4. The molecule has 0 radical (unpaired) electrons. The highest BCUT2D eigenvalue weighted by Crippen LogP contribution is 2.78. The predicted molar refractivity (Wildman–Crippen MR) is 158 cm³/mol. The van der Waals surface area contributed by atoms with Crippen LogP contribution in [0.3, 0.4) is 0 Å². The Hall–Kier alpha value is -0.160. The molecule has 39 heavy (non-hydrogen) atoms. The van der Waals surface area contributed by atoms with Gasteiger partial charge in [0.05, 0.1) is 12.7 Å². The first kappa shape index (κ1) is 30.3. The second-order valence-electron chi connectivity index (χ2n) is 17.2. The van der Waals surface area contributed by atoms with E-state index in [0.717, 1.165) is 30.1 Å². The Morgan fingerprint density at radius 3 is 1.90 bits per heavy atom. The lowest BCUT2D eigenvalue weighted by Crippen LogP contribution is -2.65. The minimum absolute atomic E-state index is 0.411. The van der Waals surface area contributed by atoms with Gasteiger partial charge >= 0.3 is 0 Å². The van der Waals surface area contributed by atoms with E-state index in [0.29, 0.717) is 45.3 Å². The summed E-state index contributed by atoms with van der Waals surface area (Å²) in [4.78, 5) is 0. The topological polar surface area (TPSA) is 80.9 Å². The van der Waals surface area contributed by atoms with Crippen molar-refractivity contribution in [2.75, 3.05) is 6.61 Å². The maximum absolute atomic E-state index is 10.4. The number of fused-ring (bicyclic) bond motifs is 7. The van der Waals surface area contributed by atoms with Crippen LogP contribution in [0, 0.1) is 62.6 Å². The average Bonchev–Trinajstić information content (AvgIpc) is 3.23. The summed E-state index contributed by atoms with van der Waals surface area (Å²) in [5.74, 6) is 4.50. The number of hydrogen-bond acceptors (Lipinski definition) is 4. The van der Waals surface area contributed by atoms with Crippen LogP contribution in [0.1, 0.15) is 132 Å². The first-order valence-corrected chi connectivity index (χ1v) is 16.8. The fourth-order valence-corrected chi connectivity index (χ4v) is 13.2. The molecule has 0 spiro atoms. The quantitative estimate of drug-likeness (QED) is 0.278. The zero-order chi connectivity index (χ0) is 28.6. The van der Waals surface area contributed by atoms with Crippen LogP contribution in [0.15, 0.2) is 0 Å². The van der Waals surface area contributed by atoms with Crippen LogP contribution in [0.4, 0.5) is 0 Å². The van der Waals surface area contributed by atoms with Gasteiger partial charge in [0.15, 0.2) is 0 Å². The maximum atomic E-state index is 10.4. The number of rotatable bonds is 7. The van der Waals surface area contributed by atoms with E-state index < -0.39 is 24.9 Å². The molecule has 0 saturated heterocycles. The minimum atomic E-state index is -1.27. The Bertz CT molecular complexity index is 888. The Morgan fingerprint density at radius 2 is 1.26 bits per heavy atom. The molecule has 5 aliphatic carbocycles. The monoisotopic (exact) mass is 546 g/mol. The fraction of sp³-hybridized carbons (Fsp3) is 1.00. The molecule has 5 aliphatic rings. The summed E-state index contributed by atoms with van der Waals surface area (Å²) in [5.41, 5.74) is 2.27. The highest BCUT2D eigenvalue weighted by molar-refractivity contribution is 5.19. The van der Waals surface area contributed by atoms with Crippen LogP contribution < -0.4 is 0 Å². The van der Waals surface area contributed by atoms with Crippen LogP contribution in [0.5, 0.6) is 0 Å². The minimum Gasteiger partial charge on any atom is -0.394 e. The molecule has 0 aliphatic heterocycles. The molecule has 6 unspecified atom stereocenters. The van der Waals surface area contributed by atoms with Crippen molar-refractivity contribution in [2.24, 2.45) is 62.6 Å². The first-order valence-electron chi connectivity index (χ1n) is 16.8. The van der Waals surface area contributed by atoms with Crippen molar-refractivity contribution in [2.45, 2.75) is 150 Å². The molecule has 5 saturated carbocycles. The molecule has 0 aromatic heterocycles. The van der Waals surface area contributed by atoms with Crippen molar-refractivity contribution in [1.82, 2.24) is 0 Å². The van der Waals surface area contributed by atoms with Crippen LogP contribution >= 0.6 is 0 Å². The van der Waals surface area contributed by atoms with E-state index in [-0.39, 0.29) is 0 Å². The fourth-order valence-electron chi connectivity index (χ4n) is 13.2. The van der Waals surface area contributed by atoms with Crippen LogP contribution in [-0.2, 0) is 0 Å². The van der Waals surface area contributed by atoms with Crippen molar-refractivity contribution in [3.8, 4) is 0 Å². The Balaban J connectivity index is 1.33. The van der Waals surface area contributed by atoms with Gasteiger partial charge in [0.2, 0.25) is 0 Å². The van der Waals surface area contributed by atoms with E-state index >= 15 is 0 Å². The summed E-state index contributed by atoms with van der Waals surface area (Å²) >= 11 is 0. The summed E-state index contributed by atoms with van der Waals surface area (Å²) in [7, 11) is 0. The summed E-state index contributed by atoms with van der Waals surface area (Å²) in [6.45, 7) is 17.9. The van der Waals surface area contributed by atoms with Gasteiger partial charge in [-0.15, -0.1) is 0 Å². The van der Waals surface area contributed by atoms with Gasteiger partial charge in [0.1, 0.15) is 12.2 Å². The lowest BCUT2D eigenvalue weighted by molar-refractivity contribution is -0.241. The van der Waals surface area contributed by atoms with E-state index in [4.69, 9.17) is 5.11 Å². The zero-order valence-corrected chi connectivity index (χ0v) is 26.4. The van der Waals surface area contributed by atoms with Crippen LogP contribution in [-0.4, -0.2) is 45.3 Å². The van der Waals surface area contributed by atoms with Gasteiger partial charge in [-0.25, -0.2) is 0 Å². The summed E-state index contributed by atoms with van der Waals surface area (Å²) in [6, 6.07) is 0. The molecule has 13 atom stereocenters. The Morgan fingerprint density at radius 1 is 0.641 bits per heavy atom. The standard InChI is InChI=1S/C35H62O4/c1-22(9-10-25(37)30(39)26(38)21-36)23-13-18-32(4)24(23)14-19-34(6)28(32)11-12-29-33(5)17-8-16-31(2,3)27(33)15-20-35(29,34)7/h22-30,36-39H,8-21H2,1-7H3/t22?,23?,24?,25-,26+,27?,28?,29?,30-,32+,33+,34-,35-/m1/s1. The van der Waals surface area contributed by atoms with Crippen molar-refractivity contribution in [1.29, 1.82) is 0 Å². The molecular weight excluding hydrogens is 484 g/mol. The summed E-state index contributed by atoms with van der Waals surface area (Å²) < 4.78 is 0. The molecule has 4 heteroatoms. The molecule has 0 bridgehead atoms. The molecule has 0 aromatic carbocycles. The highest BCUT2D eigenvalue weighted by atomic mass is 16.4. The normalized spacial score (nSPS) is 50.1. The van der Waals surface area contributed by atoms with E-state index in [9.17, 15) is 15.3 Å². The number of hydrogen-bond donors (Lipinski definition) is 4. The lowest BCUT2D eigenvalue weighted by Gasteiger charge is -2.73. The molecule has 5 rings (SSSR count). The summed E-state index contributed by atoms with van der Waals surface area (Å²) in [6.07, 6.45) is 13.2. The van der Waals surface area contributed by atoms with Crippen molar-refractivity contribution < 1.29 is 20.4 Å². The lowest BCUT2D eigenvalue weighted by atomic mass is 9.32. The molecule has 4 N–H and O–H groups in total. The number of aliphatic hydroxyl groups excluding tert-OH is 4. The van der Waals surface area contributed by atoms with Crippen LogP contribution in [0.2, 0.25) is 0 Å². The number of aliphatic hydroxyl groups is 4. The zero-order valence-electron chi connectivity index (χ0n) is 26.4. The Labute approximate surface area is 239 Å². The molecule has 5 fully saturated rings. The first-order chi connectivity index (χ1) is 18.2. The SMILES string of the molecule is CC(CC[C@@H](O)[C@@H](O)[C@@H](O)CO)C1CC[C@@]2(C)C1CC[C@]1(C)C2CCC2[C@@]3(C)CCCC(C)(C)C3CC[C@]21C. The van der Waals surface area contributed by atoms with E-state index in [2.05, 4.69) is 48.5 Å². The smallest absolute Gasteiger partial charge is 0.108 e. The van der Waals surface area contributed by atoms with Gasteiger partial charge in [-0.2, -0.15) is 0 Å². The Kier molecular flexibility index (Phi) is 7.95. The van der Waals surface area contributed by atoms with Gasteiger partial charge in [0, 0.05) is 0 Å². The third-order valence-electron chi connectivity index (χ3n) is 15.4. The largest absolute Gasteiger partial charge is 0.394 e. The van der Waals surface area contributed by atoms with Crippen LogP contribution in [0.25, 0.3) is 0 Å². The molecule has 4 nitrogen and oxygen atoms in total. The van der Waals surface area contributed by atoms with Crippen molar-refractivity contribution >= 4 is 0 Å². The molecular formula is C35H62O4. The van der Waals surface area contributed by atoms with E-state index in [1.807, 2.05) is 0 Å². The van der Waals surface area contributed by atoms with Gasteiger partial charge in [-0.05, 0) is 140 Å². The van der Waals surface area contributed by atoms with Gasteiger partial charge < -0.3 is 20.4 Å². The van der Waals surface area contributed by atoms with Gasteiger partial charge in [-0.1, -0.05) is 54.9 Å². The molecule has 0 amide bonds. The van der Waals surface area contributed by atoms with E-state index in [1.54, 1.807) is 0 Å². The molecule has 0 heterocycles. The highest BCUT2D eigenvalue weighted by Gasteiger charge is 2.70. The van der Waals surface area contributed by atoms with Gasteiger partial charge in [-0.3, -0.25) is 0 Å². The molecule has 226 valence electrons. The van der Waals surface area contributed by atoms with E-state index in [1.165, 1.54) is 70.6 Å². The maximum Gasteiger partial charge on any atom is 0.108 e. The third kappa shape index (κ3) is 4.42. The molecule has 0 aromatic rings. The summed E-state index contributed by atoms with van der Waals surface area (Å²) in [5, 5.41) is 39.5. The second-order valence-corrected chi connectivity index (χ2v) is 17.2. The second kappa shape index (κ2) is 10.2. The van der Waals surface area contributed by atoms with Crippen molar-refractivity contribution in [3.05, 3.63) is 0 Å². The average molecular weight is 547 g/mol.